The zero-order valence-electron chi connectivity index (χ0n) is 7.00. The quantitative estimate of drug-likeness (QED) is 0.347. The first-order valence-corrected chi connectivity index (χ1v) is 2.25. The van der Waals surface area contributed by atoms with E-state index in [1.165, 1.54) is 0 Å². The first kappa shape index (κ1) is 10.5. The van der Waals surface area contributed by atoms with Crippen molar-refractivity contribution >= 4 is 0 Å². The molecule has 0 aliphatic heterocycles. The molecule has 0 saturated heterocycles. The van der Waals surface area contributed by atoms with Gasteiger partial charge in [-0.2, -0.15) is 0 Å². The Morgan fingerprint density at radius 3 is 1.43 bits per heavy atom. The molecule has 1 nitrogen and oxygen atoms in total. The summed E-state index contributed by atoms with van der Waals surface area (Å²) in [6.07, 6.45) is 0. The van der Waals surface area contributed by atoms with Crippen LogP contribution in [0.2, 0.25) is 0 Å². The Morgan fingerprint density at radius 1 is 1.29 bits per heavy atom. The second-order valence-electron chi connectivity index (χ2n) is 2.50. The van der Waals surface area contributed by atoms with Crippen LogP contribution in [0.3, 0.4) is 0 Å². The molecule has 2 heteroatoms. The maximum absolute atomic E-state index is 3.10. The molecule has 0 spiro atoms. The molecule has 0 rings (SSSR count). The zero-order valence-corrected chi connectivity index (χ0v) is 6.00. The smallest absolute Gasteiger partial charge is 1.00 e. The van der Waals surface area contributed by atoms with Crippen molar-refractivity contribution in [2.24, 2.45) is 0 Å². The van der Waals surface area contributed by atoms with E-state index in [1.54, 1.807) is 0 Å². The molecule has 0 atom stereocenters. The van der Waals surface area contributed by atoms with Gasteiger partial charge in [0.1, 0.15) is 0 Å². The van der Waals surface area contributed by atoms with Crippen LogP contribution in [0.1, 0.15) is 22.2 Å². The molecule has 40 valence electrons. The van der Waals surface area contributed by atoms with E-state index in [4.69, 9.17) is 0 Å². The Bertz CT molecular complexity index is 42.2. The van der Waals surface area contributed by atoms with Gasteiger partial charge in [-0.1, -0.05) is 0 Å². The van der Waals surface area contributed by atoms with Crippen LogP contribution in [0.5, 0.6) is 0 Å². The SMILES string of the molecule is CNC(C)(C)C.[H-].[Li+]. The maximum Gasteiger partial charge on any atom is 1.00 e. The van der Waals surface area contributed by atoms with Crippen molar-refractivity contribution in [2.75, 3.05) is 7.05 Å². The van der Waals surface area contributed by atoms with Crippen molar-refractivity contribution in [1.82, 2.24) is 5.32 Å². The van der Waals surface area contributed by atoms with Gasteiger partial charge in [-0.25, -0.2) is 0 Å². The fourth-order valence-electron chi connectivity index (χ4n) is 0. The van der Waals surface area contributed by atoms with E-state index in [9.17, 15) is 0 Å². The van der Waals surface area contributed by atoms with Gasteiger partial charge in [0, 0.05) is 5.54 Å². The van der Waals surface area contributed by atoms with Gasteiger partial charge in [-0.3, -0.25) is 0 Å². The average molecular weight is 95.1 g/mol. The van der Waals surface area contributed by atoms with Gasteiger partial charge in [0.25, 0.3) is 0 Å². The van der Waals surface area contributed by atoms with E-state index in [0.717, 1.165) is 0 Å². The summed E-state index contributed by atoms with van der Waals surface area (Å²) in [4.78, 5) is 0. The van der Waals surface area contributed by atoms with Gasteiger partial charge >= 0.3 is 18.9 Å². The monoisotopic (exact) mass is 95.1 g/mol. The number of nitrogens with one attached hydrogen (secondary N) is 1. The fraction of sp³-hybridized carbons (Fsp3) is 1.00. The van der Waals surface area contributed by atoms with Crippen LogP contribution >= 0.6 is 0 Å². The third kappa shape index (κ3) is 10.8. The minimum Gasteiger partial charge on any atom is -1.00 e. The molecule has 0 radical (unpaired) electrons. The normalized spacial score (nSPS) is 10.3. The van der Waals surface area contributed by atoms with E-state index in [-0.39, 0.29) is 20.3 Å². The molecule has 0 bridgehead atoms. The van der Waals surface area contributed by atoms with E-state index < -0.39 is 0 Å². The molecule has 0 aromatic heterocycles. The minimum absolute atomic E-state index is 0. The molecule has 0 heterocycles. The van der Waals surface area contributed by atoms with Gasteiger partial charge in [0.05, 0.1) is 0 Å². The molecule has 0 saturated carbocycles. The van der Waals surface area contributed by atoms with Crippen molar-refractivity contribution in [3.63, 3.8) is 0 Å². The molecule has 0 aromatic rings. The summed E-state index contributed by atoms with van der Waals surface area (Å²) in [7, 11) is 1.96. The third-order valence-electron chi connectivity index (χ3n) is 0.750. The topological polar surface area (TPSA) is 12.0 Å². The molecule has 0 fully saturated rings. The third-order valence-corrected chi connectivity index (χ3v) is 0.750. The summed E-state index contributed by atoms with van der Waals surface area (Å²) in [5.41, 5.74) is 0.292. The Hall–Kier alpha value is 0.557. The van der Waals surface area contributed by atoms with Crippen LogP contribution in [0.4, 0.5) is 0 Å². The molecule has 0 aromatic carbocycles. The molecule has 0 amide bonds. The van der Waals surface area contributed by atoms with Gasteiger partial charge in [0.15, 0.2) is 0 Å². The summed E-state index contributed by atoms with van der Waals surface area (Å²) < 4.78 is 0. The predicted molar refractivity (Wildman–Crippen MR) is 29.9 cm³/mol. The summed E-state index contributed by atoms with van der Waals surface area (Å²) in [6.45, 7) is 6.40. The second kappa shape index (κ2) is 3.55. The summed E-state index contributed by atoms with van der Waals surface area (Å²) in [6, 6.07) is 0. The van der Waals surface area contributed by atoms with E-state index in [1.807, 2.05) is 7.05 Å². The molecule has 0 aliphatic carbocycles. The van der Waals surface area contributed by atoms with Crippen molar-refractivity contribution in [1.29, 1.82) is 0 Å². The van der Waals surface area contributed by atoms with Crippen LogP contribution in [0, 0.1) is 0 Å². The molecule has 0 unspecified atom stereocenters. The van der Waals surface area contributed by atoms with Crippen LogP contribution < -0.4 is 24.2 Å². The van der Waals surface area contributed by atoms with E-state index >= 15 is 0 Å². The van der Waals surface area contributed by atoms with Crippen molar-refractivity contribution < 1.29 is 20.3 Å². The Morgan fingerprint density at radius 2 is 1.43 bits per heavy atom. The molecule has 7 heavy (non-hydrogen) atoms. The fourth-order valence-corrected chi connectivity index (χ4v) is 0. The standard InChI is InChI=1S/C5H13N.Li.H/c1-5(2,3)6-4;;/h6H,1-4H3;;/q;+1;-1. The first-order valence-electron chi connectivity index (χ1n) is 2.25. The van der Waals surface area contributed by atoms with Crippen molar-refractivity contribution in [3.8, 4) is 0 Å². The predicted octanol–water partition coefficient (Wildman–Crippen LogP) is -1.88. The van der Waals surface area contributed by atoms with Gasteiger partial charge in [-0.15, -0.1) is 0 Å². The van der Waals surface area contributed by atoms with Gasteiger partial charge in [-0.05, 0) is 27.8 Å². The van der Waals surface area contributed by atoms with Gasteiger partial charge in [0.2, 0.25) is 0 Å². The number of hydrogen-bond donors (Lipinski definition) is 1. The second-order valence-corrected chi connectivity index (χ2v) is 2.50. The van der Waals surface area contributed by atoms with Crippen LogP contribution in [0.25, 0.3) is 0 Å². The first-order chi connectivity index (χ1) is 2.56. The Kier molecular flexibility index (Phi) is 5.33. The average Bonchev–Trinajstić information content (AvgIpc) is 1.35. The molecular formula is C5H14LiN. The van der Waals surface area contributed by atoms with E-state index in [2.05, 4.69) is 26.1 Å². The Labute approximate surface area is 59.5 Å². The molecule has 1 N–H and O–H groups in total. The number of rotatable bonds is 0. The number of hydrogen-bond acceptors (Lipinski definition) is 1. The largest absolute Gasteiger partial charge is 1.00 e. The zero-order chi connectivity index (χ0) is 5.21. The van der Waals surface area contributed by atoms with E-state index in [0.29, 0.717) is 5.54 Å². The van der Waals surface area contributed by atoms with Crippen molar-refractivity contribution in [2.45, 2.75) is 26.3 Å². The molecule has 0 aliphatic rings. The minimum atomic E-state index is 0. The maximum atomic E-state index is 3.10. The van der Waals surface area contributed by atoms with Crippen LogP contribution in [-0.2, 0) is 0 Å². The summed E-state index contributed by atoms with van der Waals surface area (Å²) in [5, 5.41) is 3.10. The van der Waals surface area contributed by atoms with Crippen molar-refractivity contribution in [3.05, 3.63) is 0 Å². The summed E-state index contributed by atoms with van der Waals surface area (Å²) in [5.74, 6) is 0. The molecular weight excluding hydrogens is 81.0 g/mol. The summed E-state index contributed by atoms with van der Waals surface area (Å²) >= 11 is 0. The van der Waals surface area contributed by atoms with Gasteiger partial charge < -0.3 is 6.74 Å². The Balaban J connectivity index is -0.000000125. The van der Waals surface area contributed by atoms with Crippen LogP contribution in [-0.4, -0.2) is 12.6 Å². The van der Waals surface area contributed by atoms with Crippen LogP contribution in [0.15, 0.2) is 0 Å².